The van der Waals surface area contributed by atoms with Crippen LogP contribution in [0.15, 0.2) is 99.9 Å². The summed E-state index contributed by atoms with van der Waals surface area (Å²) in [6.07, 6.45) is 5.78. The smallest absolute Gasteiger partial charge is 0.325 e. The van der Waals surface area contributed by atoms with E-state index in [4.69, 9.17) is 4.74 Å². The topological polar surface area (TPSA) is 198 Å². The molecular formula is C32H32N6O8S2. The summed E-state index contributed by atoms with van der Waals surface area (Å²) in [7, 11) is -4.89. The number of rotatable bonds is 12. The van der Waals surface area contributed by atoms with Gasteiger partial charge in [0, 0.05) is 50.4 Å². The van der Waals surface area contributed by atoms with Crippen molar-refractivity contribution in [2.45, 2.75) is 22.4 Å². The molecule has 5 rings (SSSR count). The fourth-order valence-corrected chi connectivity index (χ4v) is 6.74. The van der Waals surface area contributed by atoms with E-state index in [0.29, 0.717) is 34.5 Å². The minimum atomic E-state index is -4.28. The minimum absolute atomic E-state index is 0.154. The Morgan fingerprint density at radius 3 is 2.19 bits per heavy atom. The Labute approximate surface area is 276 Å². The molecule has 0 aliphatic heterocycles. The summed E-state index contributed by atoms with van der Waals surface area (Å²) < 4.78 is 58.5. The third-order valence-electron chi connectivity index (χ3n) is 7.49. The third kappa shape index (κ3) is 7.62. The van der Waals surface area contributed by atoms with E-state index in [9.17, 15) is 31.2 Å². The van der Waals surface area contributed by atoms with Crippen LogP contribution in [0.3, 0.4) is 0 Å². The van der Waals surface area contributed by atoms with Gasteiger partial charge in [-0.15, -0.1) is 0 Å². The summed E-state index contributed by atoms with van der Waals surface area (Å²) in [5.74, 6) is -1.17. The first-order chi connectivity index (χ1) is 22.8. The van der Waals surface area contributed by atoms with Crippen LogP contribution in [-0.2, 0) is 43.0 Å². The van der Waals surface area contributed by atoms with Crippen molar-refractivity contribution in [2.24, 2.45) is 7.05 Å². The summed E-state index contributed by atoms with van der Waals surface area (Å²) in [5, 5.41) is 5.90. The number of aromatic nitrogens is 3. The maximum absolute atomic E-state index is 13.3. The van der Waals surface area contributed by atoms with Gasteiger partial charge in [-0.25, -0.2) is 21.8 Å². The number of methoxy groups -OCH3 is 1. The van der Waals surface area contributed by atoms with Crippen LogP contribution >= 0.6 is 0 Å². The maximum Gasteiger partial charge on any atom is 0.325 e. The van der Waals surface area contributed by atoms with Crippen LogP contribution in [0, 0.1) is 0 Å². The minimum Gasteiger partial charge on any atom is -0.468 e. The van der Waals surface area contributed by atoms with E-state index < -0.39 is 49.8 Å². The van der Waals surface area contributed by atoms with Crippen LogP contribution in [0.25, 0.3) is 22.0 Å². The highest BCUT2D eigenvalue weighted by atomic mass is 32.2. The quantitative estimate of drug-likeness (QED) is 0.141. The Balaban J connectivity index is 1.28. The lowest BCUT2D eigenvalue weighted by atomic mass is 10.1. The van der Waals surface area contributed by atoms with Gasteiger partial charge in [-0.05, 0) is 53.1 Å². The zero-order chi connectivity index (χ0) is 34.6. The van der Waals surface area contributed by atoms with Crippen molar-refractivity contribution in [1.29, 1.82) is 0 Å². The van der Waals surface area contributed by atoms with Crippen LogP contribution < -0.4 is 20.8 Å². The molecule has 3 aromatic carbocycles. The van der Waals surface area contributed by atoms with Gasteiger partial charge < -0.3 is 24.9 Å². The predicted molar refractivity (Wildman–Crippen MR) is 179 cm³/mol. The van der Waals surface area contributed by atoms with Crippen molar-refractivity contribution in [2.75, 3.05) is 25.2 Å². The number of imidazole rings is 1. The molecule has 4 N–H and O–H groups in total. The van der Waals surface area contributed by atoms with Crippen LogP contribution in [0.5, 0.6) is 0 Å². The number of hydrogen-bond acceptors (Lipinski definition) is 10. The lowest BCUT2D eigenvalue weighted by Gasteiger charge is -2.18. The molecule has 0 spiro atoms. The second-order valence-electron chi connectivity index (χ2n) is 10.9. The second kappa shape index (κ2) is 13.8. The molecule has 250 valence electrons. The van der Waals surface area contributed by atoms with Gasteiger partial charge in [0.25, 0.3) is 5.91 Å². The molecular weight excluding hydrogens is 661 g/mol. The molecule has 2 heterocycles. The number of esters is 1. The Morgan fingerprint density at radius 1 is 0.958 bits per heavy atom. The first kappa shape index (κ1) is 34.0. The molecule has 0 bridgehead atoms. The van der Waals surface area contributed by atoms with E-state index in [1.54, 1.807) is 48.3 Å². The van der Waals surface area contributed by atoms with Gasteiger partial charge in [-0.2, -0.15) is 4.72 Å². The van der Waals surface area contributed by atoms with Gasteiger partial charge in [-0.3, -0.25) is 14.4 Å². The van der Waals surface area contributed by atoms with E-state index >= 15 is 0 Å². The SMILES string of the molecule is COC(=O)C(CNC(=O)c1cn(C)c2cc(CNc3ncc[nH]3)ccc2c1=O)NS(=O)(=O)c1ccc(-c2ccc(S(C)(=O)=O)cc2)cc1. The number of carbonyl (C=O) groups is 2. The van der Waals surface area contributed by atoms with Crippen LogP contribution in [0.4, 0.5) is 5.95 Å². The fraction of sp³-hybridized carbons (Fsp3) is 0.188. The number of carbonyl (C=O) groups excluding carboxylic acids is 2. The van der Waals surface area contributed by atoms with E-state index in [1.807, 2.05) is 6.07 Å². The Kier molecular flexibility index (Phi) is 9.79. The lowest BCUT2D eigenvalue weighted by molar-refractivity contribution is -0.142. The lowest BCUT2D eigenvalue weighted by Crippen LogP contribution is -2.49. The summed E-state index contributed by atoms with van der Waals surface area (Å²) in [6.45, 7) is -0.0655. The molecule has 1 atom stereocenters. The zero-order valence-electron chi connectivity index (χ0n) is 26.1. The first-order valence-corrected chi connectivity index (χ1v) is 17.8. The third-order valence-corrected chi connectivity index (χ3v) is 10.1. The molecule has 14 nitrogen and oxygen atoms in total. The largest absolute Gasteiger partial charge is 0.468 e. The standard InChI is InChI=1S/C32H32N6O8S2/c1-38-19-26(29(39)25-13-4-20(16-28(25)38)17-36-32-33-14-15-34-32)30(40)35-18-27(31(41)46-2)37-48(44,45)24-11-7-22(8-12-24)21-5-9-23(10-6-21)47(3,42)43/h4-16,19,27,37H,17-18H2,1-3H3,(H,35,40)(H2,33,34,36). The maximum atomic E-state index is 13.3. The number of aromatic amines is 1. The van der Waals surface area contributed by atoms with Gasteiger partial charge >= 0.3 is 5.97 Å². The zero-order valence-corrected chi connectivity index (χ0v) is 27.7. The van der Waals surface area contributed by atoms with E-state index in [2.05, 4.69) is 25.3 Å². The van der Waals surface area contributed by atoms with Crippen LogP contribution in [0.2, 0.25) is 0 Å². The molecule has 0 radical (unpaired) electrons. The molecule has 16 heteroatoms. The number of hydrogen-bond donors (Lipinski definition) is 4. The van der Waals surface area contributed by atoms with E-state index in [-0.39, 0.29) is 15.4 Å². The molecule has 0 aliphatic carbocycles. The molecule has 2 aromatic heterocycles. The van der Waals surface area contributed by atoms with Gasteiger partial charge in [-0.1, -0.05) is 30.3 Å². The van der Waals surface area contributed by atoms with Gasteiger partial charge in [0.15, 0.2) is 15.8 Å². The highest BCUT2D eigenvalue weighted by Crippen LogP contribution is 2.23. The van der Waals surface area contributed by atoms with Gasteiger partial charge in [0.1, 0.15) is 11.6 Å². The van der Waals surface area contributed by atoms with E-state index in [0.717, 1.165) is 18.9 Å². The molecule has 0 fully saturated rings. The van der Waals surface area contributed by atoms with Crippen molar-refractivity contribution in [3.8, 4) is 11.1 Å². The summed E-state index contributed by atoms with van der Waals surface area (Å²) in [6, 6.07) is 15.5. The summed E-state index contributed by atoms with van der Waals surface area (Å²) in [4.78, 5) is 46.0. The molecule has 0 saturated heterocycles. The number of sulfonamides is 1. The summed E-state index contributed by atoms with van der Waals surface area (Å²) >= 11 is 0. The molecule has 0 saturated carbocycles. The van der Waals surface area contributed by atoms with Gasteiger partial charge in [0.2, 0.25) is 15.5 Å². The molecule has 0 aliphatic rings. The van der Waals surface area contributed by atoms with Crippen molar-refractivity contribution in [3.05, 3.63) is 107 Å². The van der Waals surface area contributed by atoms with E-state index in [1.165, 1.54) is 42.6 Å². The number of aryl methyl sites for hydroxylation is 1. The number of amides is 1. The molecule has 1 amide bonds. The second-order valence-corrected chi connectivity index (χ2v) is 14.6. The van der Waals surface area contributed by atoms with Crippen molar-refractivity contribution < 1.29 is 31.2 Å². The van der Waals surface area contributed by atoms with Crippen molar-refractivity contribution >= 4 is 48.6 Å². The number of fused-ring (bicyclic) bond motifs is 1. The number of anilines is 1. The van der Waals surface area contributed by atoms with Gasteiger partial charge in [0.05, 0.1) is 22.4 Å². The number of sulfone groups is 1. The van der Waals surface area contributed by atoms with Crippen molar-refractivity contribution in [1.82, 2.24) is 24.6 Å². The Bertz CT molecular complexity index is 2250. The number of H-pyrrole nitrogens is 1. The molecule has 48 heavy (non-hydrogen) atoms. The monoisotopic (exact) mass is 692 g/mol. The predicted octanol–water partition coefficient (Wildman–Crippen LogP) is 2.19. The van der Waals surface area contributed by atoms with Crippen LogP contribution in [0.1, 0.15) is 15.9 Å². The van der Waals surface area contributed by atoms with Crippen molar-refractivity contribution in [3.63, 3.8) is 0 Å². The Hall–Kier alpha value is -5.32. The number of nitrogens with zero attached hydrogens (tertiary/aromatic N) is 2. The average molecular weight is 693 g/mol. The Morgan fingerprint density at radius 2 is 1.60 bits per heavy atom. The number of benzene rings is 3. The molecule has 5 aromatic rings. The number of pyridine rings is 1. The molecule has 1 unspecified atom stereocenters. The van der Waals surface area contributed by atoms with Crippen LogP contribution in [-0.4, -0.2) is 69.2 Å². The average Bonchev–Trinajstić information content (AvgIpc) is 3.60. The summed E-state index contributed by atoms with van der Waals surface area (Å²) in [5.41, 5.74) is 2.02. The normalized spacial score (nSPS) is 12.4. The highest BCUT2D eigenvalue weighted by Gasteiger charge is 2.28. The fourth-order valence-electron chi connectivity index (χ4n) is 4.93. The number of nitrogens with one attached hydrogen (secondary N) is 4. The number of ether oxygens (including phenoxy) is 1. The first-order valence-electron chi connectivity index (χ1n) is 14.4. The highest BCUT2D eigenvalue weighted by molar-refractivity contribution is 7.90.